The maximum Gasteiger partial charge on any atom is 0.142 e. The molecule has 0 aliphatic carbocycles. The molecule has 0 saturated carbocycles. The number of halogens is 2. The molecule has 5 nitrogen and oxygen atoms in total. The van der Waals surface area contributed by atoms with E-state index >= 15 is 0 Å². The van der Waals surface area contributed by atoms with Gasteiger partial charge < -0.3 is 0 Å². The van der Waals surface area contributed by atoms with E-state index in [-0.39, 0.29) is 5.82 Å². The van der Waals surface area contributed by atoms with Crippen molar-refractivity contribution in [2.24, 2.45) is 5.84 Å². The second-order valence-electron chi connectivity index (χ2n) is 3.14. The van der Waals surface area contributed by atoms with Crippen molar-refractivity contribution in [1.29, 1.82) is 0 Å². The van der Waals surface area contributed by atoms with E-state index in [0.29, 0.717) is 15.7 Å². The summed E-state index contributed by atoms with van der Waals surface area (Å²) in [7, 11) is 0. The van der Waals surface area contributed by atoms with Crippen LogP contribution in [0.4, 0.5) is 4.39 Å². The highest BCUT2D eigenvalue weighted by molar-refractivity contribution is 9.10. The van der Waals surface area contributed by atoms with Gasteiger partial charge in [-0.3, -0.25) is 5.84 Å². The number of nitrogens with two attached hydrogens (primary N) is 1. The van der Waals surface area contributed by atoms with E-state index in [1.165, 1.54) is 6.20 Å². The second-order valence-corrected chi connectivity index (χ2v) is 3.99. The molecule has 7 heteroatoms. The third-order valence-electron chi connectivity index (χ3n) is 2.19. The minimum absolute atomic E-state index is 0.367. The zero-order chi connectivity index (χ0) is 11.5. The average Bonchev–Trinajstić information content (AvgIpc) is 2.79. The molecule has 16 heavy (non-hydrogen) atoms. The van der Waals surface area contributed by atoms with Crippen LogP contribution in [0.5, 0.6) is 0 Å². The Bertz CT molecular complexity index is 473. The van der Waals surface area contributed by atoms with Gasteiger partial charge in [-0.1, -0.05) is 12.1 Å². The van der Waals surface area contributed by atoms with Gasteiger partial charge in [0.1, 0.15) is 11.5 Å². The van der Waals surface area contributed by atoms with Crippen LogP contribution < -0.4 is 11.3 Å². The number of rotatable bonds is 3. The molecular formula is C9H9BrFN5. The molecule has 1 heterocycles. The third kappa shape index (κ3) is 1.97. The molecule has 1 aromatic carbocycles. The van der Waals surface area contributed by atoms with Gasteiger partial charge >= 0.3 is 0 Å². The predicted octanol–water partition coefficient (Wildman–Crippen LogP) is 1.26. The molecule has 2 aromatic rings. The summed E-state index contributed by atoms with van der Waals surface area (Å²) in [5, 5.41) is 10.00. The molecule has 0 aliphatic rings. The standard InChI is InChI=1S/C9H9BrFN5/c10-6-3-1-2-5(8(6)11)9(14-12)7-4-13-16-15-7/h1-4,9,14H,12H2,(H,13,15,16). The molecule has 84 valence electrons. The Balaban J connectivity index is 2.45. The van der Waals surface area contributed by atoms with Gasteiger partial charge in [0.05, 0.1) is 16.7 Å². The summed E-state index contributed by atoms with van der Waals surface area (Å²) in [5.74, 6) is 5.03. The number of nitrogens with zero attached hydrogens (tertiary/aromatic N) is 2. The van der Waals surface area contributed by atoms with Gasteiger partial charge in [-0.2, -0.15) is 15.4 Å². The summed E-state index contributed by atoms with van der Waals surface area (Å²) in [6.07, 6.45) is 1.49. The summed E-state index contributed by atoms with van der Waals surface area (Å²) in [6.45, 7) is 0. The molecule has 0 amide bonds. The van der Waals surface area contributed by atoms with Crippen LogP contribution in [-0.4, -0.2) is 15.4 Å². The summed E-state index contributed by atoms with van der Waals surface area (Å²) in [6, 6.07) is 4.46. The number of benzene rings is 1. The highest BCUT2D eigenvalue weighted by Crippen LogP contribution is 2.26. The SMILES string of the molecule is NNC(c1cn[nH]n1)c1cccc(Br)c1F. The molecular weight excluding hydrogens is 277 g/mol. The van der Waals surface area contributed by atoms with Gasteiger partial charge in [0.2, 0.25) is 0 Å². The first-order valence-electron chi connectivity index (χ1n) is 4.49. The summed E-state index contributed by atoms with van der Waals surface area (Å²) in [5.41, 5.74) is 3.44. The minimum atomic E-state index is -0.531. The first kappa shape index (κ1) is 11.2. The Labute approximate surface area is 99.3 Å². The van der Waals surface area contributed by atoms with Gasteiger partial charge in [0.25, 0.3) is 0 Å². The average molecular weight is 286 g/mol. The molecule has 0 saturated heterocycles. The van der Waals surface area contributed by atoms with E-state index in [1.807, 2.05) is 0 Å². The molecule has 1 atom stereocenters. The number of nitrogens with one attached hydrogen (secondary N) is 2. The molecule has 0 fully saturated rings. The van der Waals surface area contributed by atoms with Crippen molar-refractivity contribution in [3.8, 4) is 0 Å². The highest BCUT2D eigenvalue weighted by Gasteiger charge is 2.19. The lowest BCUT2D eigenvalue weighted by molar-refractivity contribution is 0.548. The first-order chi connectivity index (χ1) is 7.74. The molecule has 2 rings (SSSR count). The number of hydrazine groups is 1. The topological polar surface area (TPSA) is 79.6 Å². The van der Waals surface area contributed by atoms with Crippen LogP contribution >= 0.6 is 15.9 Å². The van der Waals surface area contributed by atoms with E-state index < -0.39 is 6.04 Å². The number of hydrogen-bond acceptors (Lipinski definition) is 4. The van der Waals surface area contributed by atoms with Gasteiger partial charge in [-0.05, 0) is 22.0 Å². The largest absolute Gasteiger partial charge is 0.271 e. The Hall–Kier alpha value is -1.31. The summed E-state index contributed by atoms with van der Waals surface area (Å²) in [4.78, 5) is 0. The van der Waals surface area contributed by atoms with E-state index in [4.69, 9.17) is 5.84 Å². The molecule has 1 unspecified atom stereocenters. The van der Waals surface area contributed by atoms with Crippen LogP contribution in [0.3, 0.4) is 0 Å². The number of aromatic nitrogens is 3. The van der Waals surface area contributed by atoms with Gasteiger partial charge in [0, 0.05) is 5.56 Å². The van der Waals surface area contributed by atoms with Crippen LogP contribution in [0, 0.1) is 5.82 Å². The molecule has 1 aromatic heterocycles. The van der Waals surface area contributed by atoms with E-state index in [1.54, 1.807) is 18.2 Å². The molecule has 0 aliphatic heterocycles. The lowest BCUT2D eigenvalue weighted by atomic mass is 10.0. The maximum atomic E-state index is 13.8. The van der Waals surface area contributed by atoms with Crippen molar-refractivity contribution in [2.75, 3.05) is 0 Å². The Morgan fingerprint density at radius 3 is 2.94 bits per heavy atom. The number of hydrogen-bond donors (Lipinski definition) is 3. The van der Waals surface area contributed by atoms with Gasteiger partial charge in [-0.25, -0.2) is 9.82 Å². The molecule has 4 N–H and O–H groups in total. The monoisotopic (exact) mass is 285 g/mol. The predicted molar refractivity (Wildman–Crippen MR) is 59.6 cm³/mol. The zero-order valence-corrected chi connectivity index (χ0v) is 9.70. The number of aromatic amines is 1. The molecule has 0 bridgehead atoms. The Kier molecular flexibility index (Phi) is 3.28. The van der Waals surface area contributed by atoms with Crippen LogP contribution in [0.15, 0.2) is 28.9 Å². The Morgan fingerprint density at radius 2 is 2.31 bits per heavy atom. The van der Waals surface area contributed by atoms with Crippen molar-refractivity contribution >= 4 is 15.9 Å². The fourth-order valence-electron chi connectivity index (χ4n) is 1.43. The van der Waals surface area contributed by atoms with Crippen LogP contribution in [0.1, 0.15) is 17.3 Å². The van der Waals surface area contributed by atoms with E-state index in [0.717, 1.165) is 0 Å². The van der Waals surface area contributed by atoms with E-state index in [9.17, 15) is 4.39 Å². The second kappa shape index (κ2) is 4.69. The lowest BCUT2D eigenvalue weighted by Crippen LogP contribution is -2.29. The molecule has 0 spiro atoms. The smallest absolute Gasteiger partial charge is 0.142 e. The normalized spacial score (nSPS) is 12.7. The van der Waals surface area contributed by atoms with Crippen LogP contribution in [-0.2, 0) is 0 Å². The molecule has 0 radical (unpaired) electrons. The minimum Gasteiger partial charge on any atom is -0.271 e. The summed E-state index contributed by atoms with van der Waals surface area (Å²) >= 11 is 3.12. The zero-order valence-electron chi connectivity index (χ0n) is 8.11. The van der Waals surface area contributed by atoms with Crippen molar-refractivity contribution in [2.45, 2.75) is 6.04 Å². The number of H-pyrrole nitrogens is 1. The third-order valence-corrected chi connectivity index (χ3v) is 2.80. The van der Waals surface area contributed by atoms with Gasteiger partial charge in [-0.15, -0.1) is 0 Å². The highest BCUT2D eigenvalue weighted by atomic mass is 79.9. The van der Waals surface area contributed by atoms with Crippen molar-refractivity contribution in [1.82, 2.24) is 20.8 Å². The fourth-order valence-corrected chi connectivity index (χ4v) is 1.81. The van der Waals surface area contributed by atoms with Crippen molar-refractivity contribution < 1.29 is 4.39 Å². The van der Waals surface area contributed by atoms with Crippen molar-refractivity contribution in [3.05, 3.63) is 45.9 Å². The fraction of sp³-hybridized carbons (Fsp3) is 0.111. The van der Waals surface area contributed by atoms with Crippen LogP contribution in [0.25, 0.3) is 0 Å². The van der Waals surface area contributed by atoms with Crippen LogP contribution in [0.2, 0.25) is 0 Å². The maximum absolute atomic E-state index is 13.8. The van der Waals surface area contributed by atoms with E-state index in [2.05, 4.69) is 36.8 Å². The first-order valence-corrected chi connectivity index (χ1v) is 5.29. The lowest BCUT2D eigenvalue weighted by Gasteiger charge is -2.14. The quantitative estimate of drug-likeness (QED) is 0.586. The summed E-state index contributed by atoms with van der Waals surface area (Å²) < 4.78 is 14.2. The van der Waals surface area contributed by atoms with Gasteiger partial charge in [0.15, 0.2) is 0 Å². The van der Waals surface area contributed by atoms with Crippen molar-refractivity contribution in [3.63, 3.8) is 0 Å². The Morgan fingerprint density at radius 1 is 1.50 bits per heavy atom.